The van der Waals surface area contributed by atoms with Gasteiger partial charge in [0.15, 0.2) is 0 Å². The van der Waals surface area contributed by atoms with Gasteiger partial charge in [-0.3, -0.25) is 0 Å². The first kappa shape index (κ1) is 16.1. The van der Waals surface area contributed by atoms with Crippen LogP contribution in [0.25, 0.3) is 6.08 Å². The number of nitriles is 1. The number of allylic oxidation sites excluding steroid dienone is 5. The van der Waals surface area contributed by atoms with Gasteiger partial charge >= 0.3 is 0 Å². The molecule has 0 unspecified atom stereocenters. The molecule has 0 bridgehead atoms. The van der Waals surface area contributed by atoms with Gasteiger partial charge in [0.2, 0.25) is 0 Å². The zero-order valence-electron chi connectivity index (χ0n) is 13.9. The molecule has 1 aromatic carbocycles. The van der Waals surface area contributed by atoms with Crippen LogP contribution in [-0.2, 0) is 0 Å². The average molecular weight is 292 g/mol. The van der Waals surface area contributed by atoms with E-state index in [0.717, 1.165) is 18.4 Å². The zero-order valence-corrected chi connectivity index (χ0v) is 13.9. The Morgan fingerprint density at radius 1 is 1.09 bits per heavy atom. The second kappa shape index (κ2) is 6.66. The largest absolute Gasteiger partial charge is 0.378 e. The van der Waals surface area contributed by atoms with Crippen molar-refractivity contribution >= 4 is 11.8 Å². The first-order valence-electron chi connectivity index (χ1n) is 7.64. The van der Waals surface area contributed by atoms with E-state index in [2.05, 4.69) is 67.3 Å². The Hall–Kier alpha value is -2.27. The Bertz CT molecular complexity index is 650. The minimum Gasteiger partial charge on any atom is -0.378 e. The fraction of sp³-hybridized carbons (Fsp3) is 0.350. The molecular weight excluding hydrogens is 268 g/mol. The highest BCUT2D eigenvalue weighted by Gasteiger charge is 2.24. The summed E-state index contributed by atoms with van der Waals surface area (Å²) in [4.78, 5) is 2.10. The van der Waals surface area contributed by atoms with Crippen LogP contribution in [0.4, 0.5) is 5.69 Å². The van der Waals surface area contributed by atoms with Crippen molar-refractivity contribution < 1.29 is 0 Å². The average Bonchev–Trinajstić information content (AvgIpc) is 2.44. The lowest BCUT2D eigenvalue weighted by atomic mass is 9.75. The summed E-state index contributed by atoms with van der Waals surface area (Å²) in [5, 5.41) is 8.88. The lowest BCUT2D eigenvalue weighted by Gasteiger charge is -2.30. The summed E-state index contributed by atoms with van der Waals surface area (Å²) in [5.41, 5.74) is 5.03. The molecule has 0 saturated carbocycles. The highest BCUT2D eigenvalue weighted by Crippen LogP contribution is 2.38. The first-order valence-corrected chi connectivity index (χ1v) is 7.64. The van der Waals surface area contributed by atoms with Gasteiger partial charge in [0.1, 0.15) is 0 Å². The van der Waals surface area contributed by atoms with Crippen LogP contribution in [0.3, 0.4) is 0 Å². The van der Waals surface area contributed by atoms with E-state index in [1.54, 1.807) is 6.08 Å². The molecule has 0 N–H and O–H groups in total. The van der Waals surface area contributed by atoms with E-state index in [9.17, 15) is 0 Å². The van der Waals surface area contributed by atoms with Crippen molar-refractivity contribution in [2.75, 3.05) is 19.0 Å². The predicted octanol–water partition coefficient (Wildman–Crippen LogP) is 4.96. The molecule has 2 rings (SSSR count). The van der Waals surface area contributed by atoms with E-state index >= 15 is 0 Å². The van der Waals surface area contributed by atoms with Crippen molar-refractivity contribution in [3.05, 3.63) is 59.2 Å². The van der Waals surface area contributed by atoms with Crippen LogP contribution < -0.4 is 4.90 Å². The predicted molar refractivity (Wildman–Crippen MR) is 94.6 cm³/mol. The highest BCUT2D eigenvalue weighted by atomic mass is 15.1. The quantitative estimate of drug-likeness (QED) is 0.736. The molecule has 0 saturated heterocycles. The van der Waals surface area contributed by atoms with Gasteiger partial charge in [-0.05, 0) is 47.1 Å². The standard InChI is InChI=1S/C20H24N2/c1-20(2)14-17(13-18(15-20)11-12-21)6-5-16-7-9-19(10-8-16)22(3)4/h5-11,13H,14-15H2,1-4H3/b6-5+,18-11?. The Balaban J connectivity index is 2.18. The summed E-state index contributed by atoms with van der Waals surface area (Å²) in [6.07, 6.45) is 10.2. The van der Waals surface area contributed by atoms with Crippen LogP contribution in [0.15, 0.2) is 53.6 Å². The molecular formula is C20H24N2. The van der Waals surface area contributed by atoms with E-state index < -0.39 is 0 Å². The molecule has 2 heteroatoms. The molecule has 0 spiro atoms. The van der Waals surface area contributed by atoms with Crippen LogP contribution in [0.5, 0.6) is 0 Å². The van der Waals surface area contributed by atoms with E-state index in [1.165, 1.54) is 16.8 Å². The maximum absolute atomic E-state index is 8.88. The molecule has 22 heavy (non-hydrogen) atoms. The molecule has 1 aromatic rings. The van der Waals surface area contributed by atoms with Gasteiger partial charge < -0.3 is 4.90 Å². The molecule has 0 heterocycles. The number of nitrogens with zero attached hydrogens (tertiary/aromatic N) is 2. The summed E-state index contributed by atoms with van der Waals surface area (Å²) >= 11 is 0. The topological polar surface area (TPSA) is 27.0 Å². The van der Waals surface area contributed by atoms with Gasteiger partial charge in [-0.2, -0.15) is 5.26 Å². The van der Waals surface area contributed by atoms with Crippen LogP contribution >= 0.6 is 0 Å². The van der Waals surface area contributed by atoms with Crippen molar-refractivity contribution in [2.24, 2.45) is 5.41 Å². The second-order valence-electron chi connectivity index (χ2n) is 6.90. The minimum atomic E-state index is 0.214. The fourth-order valence-electron chi connectivity index (χ4n) is 2.88. The smallest absolute Gasteiger partial charge is 0.0914 e. The Kier molecular flexibility index (Phi) is 4.88. The molecule has 2 nitrogen and oxygen atoms in total. The van der Waals surface area contributed by atoms with Gasteiger partial charge in [0.25, 0.3) is 0 Å². The van der Waals surface area contributed by atoms with Crippen molar-refractivity contribution in [2.45, 2.75) is 26.7 Å². The van der Waals surface area contributed by atoms with Crippen molar-refractivity contribution in [3.8, 4) is 6.07 Å². The summed E-state index contributed by atoms with van der Waals surface area (Å²) in [7, 11) is 4.09. The van der Waals surface area contributed by atoms with E-state index in [-0.39, 0.29) is 5.41 Å². The third kappa shape index (κ3) is 4.36. The first-order chi connectivity index (χ1) is 10.4. The van der Waals surface area contributed by atoms with E-state index in [0.29, 0.717) is 0 Å². The summed E-state index contributed by atoms with van der Waals surface area (Å²) in [6, 6.07) is 10.7. The highest BCUT2D eigenvalue weighted by molar-refractivity contribution is 5.58. The molecule has 0 amide bonds. The van der Waals surface area contributed by atoms with Crippen molar-refractivity contribution in [3.63, 3.8) is 0 Å². The third-order valence-corrected chi connectivity index (χ3v) is 3.89. The Labute approximate surface area is 134 Å². The van der Waals surface area contributed by atoms with Crippen LogP contribution in [0, 0.1) is 16.7 Å². The molecule has 114 valence electrons. The zero-order chi connectivity index (χ0) is 16.2. The van der Waals surface area contributed by atoms with Gasteiger partial charge in [0, 0.05) is 25.9 Å². The Morgan fingerprint density at radius 3 is 2.36 bits per heavy atom. The number of benzene rings is 1. The van der Waals surface area contributed by atoms with Gasteiger partial charge in [-0.1, -0.05) is 44.2 Å². The number of hydrogen-bond acceptors (Lipinski definition) is 2. The molecule has 1 aliphatic carbocycles. The molecule has 0 atom stereocenters. The van der Waals surface area contributed by atoms with Crippen molar-refractivity contribution in [1.82, 2.24) is 0 Å². The van der Waals surface area contributed by atoms with Gasteiger partial charge in [0.05, 0.1) is 6.07 Å². The van der Waals surface area contributed by atoms with Gasteiger partial charge in [-0.25, -0.2) is 0 Å². The molecule has 0 fully saturated rings. The number of rotatable bonds is 3. The van der Waals surface area contributed by atoms with E-state index in [1.807, 2.05) is 14.1 Å². The lowest BCUT2D eigenvalue weighted by molar-refractivity contribution is 0.355. The number of anilines is 1. The Morgan fingerprint density at radius 2 is 1.77 bits per heavy atom. The normalized spacial score (nSPS) is 19.0. The van der Waals surface area contributed by atoms with Crippen LogP contribution in [0.1, 0.15) is 32.3 Å². The van der Waals surface area contributed by atoms with Crippen LogP contribution in [-0.4, -0.2) is 14.1 Å². The monoisotopic (exact) mass is 292 g/mol. The summed E-state index contributed by atoms with van der Waals surface area (Å²) in [5.74, 6) is 0. The minimum absolute atomic E-state index is 0.214. The van der Waals surface area contributed by atoms with E-state index in [4.69, 9.17) is 5.26 Å². The molecule has 0 aromatic heterocycles. The summed E-state index contributed by atoms with van der Waals surface area (Å²) < 4.78 is 0. The van der Waals surface area contributed by atoms with Crippen molar-refractivity contribution in [1.29, 1.82) is 5.26 Å². The third-order valence-electron chi connectivity index (χ3n) is 3.89. The summed E-state index contributed by atoms with van der Waals surface area (Å²) in [6.45, 7) is 4.51. The van der Waals surface area contributed by atoms with Gasteiger partial charge in [-0.15, -0.1) is 0 Å². The maximum Gasteiger partial charge on any atom is 0.0914 e. The maximum atomic E-state index is 8.88. The SMILES string of the molecule is CN(C)c1ccc(/C=C/C2=CC(=CC#N)CC(C)(C)C2)cc1. The molecule has 0 radical (unpaired) electrons. The fourth-order valence-corrected chi connectivity index (χ4v) is 2.88. The molecule has 1 aliphatic rings. The van der Waals surface area contributed by atoms with Crippen LogP contribution in [0.2, 0.25) is 0 Å². The molecule has 0 aliphatic heterocycles. The second-order valence-corrected chi connectivity index (χ2v) is 6.90. The lowest BCUT2D eigenvalue weighted by Crippen LogP contribution is -2.16. The number of hydrogen-bond donors (Lipinski definition) is 0.